The van der Waals surface area contributed by atoms with Gasteiger partial charge in [0.15, 0.2) is 0 Å². The second-order valence-electron chi connectivity index (χ2n) is 4.56. The maximum atomic E-state index is 9.00. The molecule has 0 aliphatic carbocycles. The molecule has 4 heteroatoms. The van der Waals surface area contributed by atoms with Crippen molar-refractivity contribution in [2.24, 2.45) is 0 Å². The van der Waals surface area contributed by atoms with Crippen molar-refractivity contribution in [2.75, 3.05) is 20.3 Å². The van der Waals surface area contributed by atoms with Crippen LogP contribution in [-0.4, -0.2) is 37.5 Å². The van der Waals surface area contributed by atoms with Gasteiger partial charge >= 0.3 is 0 Å². The van der Waals surface area contributed by atoms with Gasteiger partial charge in [-0.25, -0.2) is 0 Å². The third-order valence-electron chi connectivity index (χ3n) is 2.82. The molecule has 0 amide bonds. The average Bonchev–Trinajstić information content (AvgIpc) is 2.33. The molecule has 0 aliphatic rings. The van der Waals surface area contributed by atoms with Gasteiger partial charge < -0.3 is 15.2 Å². The Morgan fingerprint density at radius 2 is 2.00 bits per heavy atom. The second-order valence-corrected chi connectivity index (χ2v) is 5.48. The van der Waals surface area contributed by atoms with Gasteiger partial charge in [0.2, 0.25) is 0 Å². The van der Waals surface area contributed by atoms with E-state index in [4.69, 9.17) is 9.84 Å². The lowest BCUT2D eigenvalue weighted by Crippen LogP contribution is -2.41. The van der Waals surface area contributed by atoms with Crippen molar-refractivity contribution >= 4 is 15.9 Å². The number of aliphatic hydroxyl groups excluding tert-OH is 1. The Bertz CT molecular complexity index is 323. The number of ether oxygens (including phenoxy) is 1. The zero-order chi connectivity index (χ0) is 13.4. The van der Waals surface area contributed by atoms with Gasteiger partial charge in [-0.2, -0.15) is 0 Å². The molecule has 0 saturated heterocycles. The molecule has 2 atom stereocenters. The minimum absolute atomic E-state index is 0.187. The number of benzene rings is 1. The Morgan fingerprint density at radius 1 is 1.33 bits per heavy atom. The number of halogens is 1. The predicted octanol–water partition coefficient (Wildman–Crippen LogP) is 2.37. The Balaban J connectivity index is 2.43. The quantitative estimate of drug-likeness (QED) is 0.774. The standard InChI is InChI=1S/C14H22BrNO2/c1-11(16-14(7-8-17)10-18-2)9-12-3-5-13(15)6-4-12/h3-6,11,14,16-17H,7-10H2,1-2H3. The van der Waals surface area contributed by atoms with Gasteiger partial charge in [-0.15, -0.1) is 0 Å². The summed E-state index contributed by atoms with van der Waals surface area (Å²) in [6.07, 6.45) is 1.69. The molecule has 3 nitrogen and oxygen atoms in total. The van der Waals surface area contributed by atoms with Crippen molar-refractivity contribution in [2.45, 2.75) is 31.8 Å². The monoisotopic (exact) mass is 315 g/mol. The molecule has 1 aromatic rings. The minimum atomic E-state index is 0.187. The van der Waals surface area contributed by atoms with Crippen LogP contribution in [0, 0.1) is 0 Å². The predicted molar refractivity (Wildman–Crippen MR) is 77.8 cm³/mol. The maximum absolute atomic E-state index is 9.00. The fourth-order valence-corrected chi connectivity index (χ4v) is 2.27. The van der Waals surface area contributed by atoms with Gasteiger partial charge in [0.1, 0.15) is 0 Å². The van der Waals surface area contributed by atoms with Crippen LogP contribution >= 0.6 is 15.9 Å². The van der Waals surface area contributed by atoms with E-state index in [1.54, 1.807) is 7.11 Å². The van der Waals surface area contributed by atoms with E-state index in [1.165, 1.54) is 5.56 Å². The molecule has 1 aromatic carbocycles. The number of hydrogen-bond donors (Lipinski definition) is 2. The normalized spacial score (nSPS) is 14.4. The Labute approximate surface area is 118 Å². The lowest BCUT2D eigenvalue weighted by atomic mass is 10.1. The van der Waals surface area contributed by atoms with Gasteiger partial charge in [0.05, 0.1) is 6.61 Å². The van der Waals surface area contributed by atoms with Crippen molar-refractivity contribution in [3.05, 3.63) is 34.3 Å². The van der Waals surface area contributed by atoms with Crippen molar-refractivity contribution in [3.8, 4) is 0 Å². The number of rotatable bonds is 8. The SMILES string of the molecule is COCC(CCO)NC(C)Cc1ccc(Br)cc1. The lowest BCUT2D eigenvalue weighted by Gasteiger charge is -2.22. The Kier molecular flexibility index (Phi) is 7.51. The van der Waals surface area contributed by atoms with E-state index in [-0.39, 0.29) is 12.6 Å². The Hall–Kier alpha value is -0.420. The molecule has 1 rings (SSSR count). The smallest absolute Gasteiger partial charge is 0.0616 e. The van der Waals surface area contributed by atoms with Crippen LogP contribution in [0.5, 0.6) is 0 Å². The molecular weight excluding hydrogens is 294 g/mol. The Morgan fingerprint density at radius 3 is 2.56 bits per heavy atom. The van der Waals surface area contributed by atoms with Crippen LogP contribution in [0.25, 0.3) is 0 Å². The molecule has 2 N–H and O–H groups in total. The fraction of sp³-hybridized carbons (Fsp3) is 0.571. The zero-order valence-corrected chi connectivity index (χ0v) is 12.6. The molecule has 102 valence electrons. The van der Waals surface area contributed by atoms with Crippen LogP contribution in [0.4, 0.5) is 0 Å². The van der Waals surface area contributed by atoms with E-state index in [0.29, 0.717) is 12.6 Å². The number of hydrogen-bond acceptors (Lipinski definition) is 3. The number of aliphatic hydroxyl groups is 1. The van der Waals surface area contributed by atoms with Gasteiger partial charge in [-0.3, -0.25) is 0 Å². The second kappa shape index (κ2) is 8.64. The first-order valence-electron chi connectivity index (χ1n) is 6.26. The third kappa shape index (κ3) is 5.96. The summed E-state index contributed by atoms with van der Waals surface area (Å²) in [4.78, 5) is 0. The average molecular weight is 316 g/mol. The molecule has 0 aromatic heterocycles. The number of nitrogens with one attached hydrogen (secondary N) is 1. The summed E-state index contributed by atoms with van der Waals surface area (Å²) >= 11 is 3.43. The van der Waals surface area contributed by atoms with Crippen molar-refractivity contribution in [1.82, 2.24) is 5.32 Å². The summed E-state index contributed by atoms with van der Waals surface area (Å²) in [5.74, 6) is 0. The van der Waals surface area contributed by atoms with Crippen LogP contribution in [0.1, 0.15) is 18.9 Å². The van der Waals surface area contributed by atoms with Gasteiger partial charge in [-0.1, -0.05) is 28.1 Å². The van der Waals surface area contributed by atoms with E-state index in [0.717, 1.165) is 17.3 Å². The summed E-state index contributed by atoms with van der Waals surface area (Å²) in [5, 5.41) is 12.5. The van der Waals surface area contributed by atoms with Gasteiger partial charge in [0, 0.05) is 30.3 Å². The summed E-state index contributed by atoms with van der Waals surface area (Å²) in [6, 6.07) is 8.94. The molecule has 0 fully saturated rings. The molecule has 0 heterocycles. The van der Waals surface area contributed by atoms with E-state index in [1.807, 2.05) is 0 Å². The highest BCUT2D eigenvalue weighted by Crippen LogP contribution is 2.12. The maximum Gasteiger partial charge on any atom is 0.0616 e. The molecule has 18 heavy (non-hydrogen) atoms. The first kappa shape index (κ1) is 15.6. The molecule has 0 aliphatic heterocycles. The summed E-state index contributed by atoms with van der Waals surface area (Å²) in [5.41, 5.74) is 1.30. The highest BCUT2D eigenvalue weighted by Gasteiger charge is 2.11. The summed E-state index contributed by atoms with van der Waals surface area (Å²) in [6.45, 7) is 2.97. The van der Waals surface area contributed by atoms with Crippen LogP contribution in [-0.2, 0) is 11.2 Å². The lowest BCUT2D eigenvalue weighted by molar-refractivity contribution is 0.143. The van der Waals surface area contributed by atoms with Crippen molar-refractivity contribution in [1.29, 1.82) is 0 Å². The molecule has 2 unspecified atom stereocenters. The molecule has 0 spiro atoms. The topological polar surface area (TPSA) is 41.5 Å². The van der Waals surface area contributed by atoms with Gasteiger partial charge in [0.25, 0.3) is 0 Å². The summed E-state index contributed by atoms with van der Waals surface area (Å²) < 4.78 is 6.24. The van der Waals surface area contributed by atoms with Crippen molar-refractivity contribution in [3.63, 3.8) is 0 Å². The van der Waals surface area contributed by atoms with Crippen molar-refractivity contribution < 1.29 is 9.84 Å². The minimum Gasteiger partial charge on any atom is -0.396 e. The zero-order valence-electron chi connectivity index (χ0n) is 11.0. The molecular formula is C14H22BrNO2. The first-order chi connectivity index (χ1) is 8.65. The van der Waals surface area contributed by atoms with Crippen LogP contribution < -0.4 is 5.32 Å². The highest BCUT2D eigenvalue weighted by atomic mass is 79.9. The van der Waals surface area contributed by atoms with E-state index < -0.39 is 0 Å². The van der Waals surface area contributed by atoms with E-state index in [2.05, 4.69) is 52.4 Å². The van der Waals surface area contributed by atoms with Crippen LogP contribution in [0.3, 0.4) is 0 Å². The highest BCUT2D eigenvalue weighted by molar-refractivity contribution is 9.10. The largest absolute Gasteiger partial charge is 0.396 e. The van der Waals surface area contributed by atoms with Gasteiger partial charge in [-0.05, 0) is 37.5 Å². The van der Waals surface area contributed by atoms with Crippen LogP contribution in [0.15, 0.2) is 28.7 Å². The third-order valence-corrected chi connectivity index (χ3v) is 3.35. The molecule has 0 radical (unpaired) electrons. The van der Waals surface area contributed by atoms with E-state index in [9.17, 15) is 0 Å². The molecule has 0 bridgehead atoms. The fourth-order valence-electron chi connectivity index (χ4n) is 2.01. The first-order valence-corrected chi connectivity index (χ1v) is 7.05. The van der Waals surface area contributed by atoms with Crippen LogP contribution in [0.2, 0.25) is 0 Å². The van der Waals surface area contributed by atoms with E-state index >= 15 is 0 Å². The summed E-state index contributed by atoms with van der Waals surface area (Å²) in [7, 11) is 1.69. The number of methoxy groups -OCH3 is 1. The molecule has 0 saturated carbocycles.